The van der Waals surface area contributed by atoms with Crippen molar-refractivity contribution in [3.8, 4) is 12.1 Å². The Bertz CT molecular complexity index is 999. The number of rotatable bonds is 3. The largest absolute Gasteiger partial charge is 0.293 e. The van der Waals surface area contributed by atoms with E-state index in [0.29, 0.717) is 20.1 Å². The molecule has 0 saturated carbocycles. The van der Waals surface area contributed by atoms with Crippen LogP contribution in [0.3, 0.4) is 0 Å². The first-order chi connectivity index (χ1) is 11.0. The van der Waals surface area contributed by atoms with Gasteiger partial charge in [-0.15, -0.1) is 17.9 Å². The number of nitrogens with zero attached hydrogens (tertiary/aromatic N) is 3. The molecule has 23 heavy (non-hydrogen) atoms. The van der Waals surface area contributed by atoms with E-state index in [1.807, 2.05) is 0 Å². The Balaban J connectivity index is 2.90. The van der Waals surface area contributed by atoms with E-state index in [1.54, 1.807) is 36.4 Å². The van der Waals surface area contributed by atoms with Gasteiger partial charge in [0.2, 0.25) is 0 Å². The SMILES string of the molecule is C=CCn1c(=C(C#N)C#N)sc(=Cc2c(Cl)cccc2Cl)c1=O. The first-order valence-electron chi connectivity index (χ1n) is 6.34. The third kappa shape index (κ3) is 3.38. The summed E-state index contributed by atoms with van der Waals surface area (Å²) in [4.78, 5) is 12.5. The van der Waals surface area contributed by atoms with Crippen LogP contribution in [-0.4, -0.2) is 4.57 Å². The van der Waals surface area contributed by atoms with Crippen molar-refractivity contribution in [2.24, 2.45) is 0 Å². The van der Waals surface area contributed by atoms with Crippen molar-refractivity contribution >= 4 is 46.2 Å². The number of aromatic nitrogens is 1. The van der Waals surface area contributed by atoms with Crippen LogP contribution in [-0.2, 0) is 6.54 Å². The molecule has 0 aliphatic carbocycles. The summed E-state index contributed by atoms with van der Waals surface area (Å²) < 4.78 is 1.95. The quantitative estimate of drug-likeness (QED) is 0.788. The first kappa shape index (κ1) is 17.1. The van der Waals surface area contributed by atoms with E-state index in [0.717, 1.165) is 11.3 Å². The maximum absolute atomic E-state index is 12.5. The van der Waals surface area contributed by atoms with Gasteiger partial charge < -0.3 is 0 Å². The van der Waals surface area contributed by atoms with Crippen LogP contribution in [0.5, 0.6) is 0 Å². The number of benzene rings is 1. The molecule has 0 radical (unpaired) electrons. The zero-order valence-electron chi connectivity index (χ0n) is 11.7. The summed E-state index contributed by atoms with van der Waals surface area (Å²) in [5, 5.41) is 18.9. The highest BCUT2D eigenvalue weighted by Crippen LogP contribution is 2.24. The average Bonchev–Trinajstić information content (AvgIpc) is 2.82. The summed E-state index contributed by atoms with van der Waals surface area (Å²) in [6.07, 6.45) is 3.09. The number of nitriles is 2. The monoisotopic (exact) mass is 361 g/mol. The van der Waals surface area contributed by atoms with Gasteiger partial charge in [-0.1, -0.05) is 35.3 Å². The second kappa shape index (κ2) is 7.30. The number of hydrogen-bond acceptors (Lipinski definition) is 4. The summed E-state index contributed by atoms with van der Waals surface area (Å²) in [5.41, 5.74) is 0.0599. The normalized spacial score (nSPS) is 10.9. The molecular weight excluding hydrogens is 353 g/mol. The van der Waals surface area contributed by atoms with Gasteiger partial charge in [0.25, 0.3) is 5.56 Å². The van der Waals surface area contributed by atoms with Gasteiger partial charge in [-0.05, 0) is 18.2 Å². The lowest BCUT2D eigenvalue weighted by Gasteiger charge is -1.99. The molecule has 0 saturated heterocycles. The van der Waals surface area contributed by atoms with Gasteiger partial charge in [0.05, 0.1) is 4.53 Å². The molecule has 0 bridgehead atoms. The van der Waals surface area contributed by atoms with Gasteiger partial charge in [0.1, 0.15) is 16.8 Å². The third-order valence-corrected chi connectivity index (χ3v) is 4.72. The van der Waals surface area contributed by atoms with Crippen LogP contribution in [0.4, 0.5) is 0 Å². The molecule has 0 aliphatic heterocycles. The van der Waals surface area contributed by atoms with Crippen molar-refractivity contribution in [2.75, 3.05) is 0 Å². The third-order valence-electron chi connectivity index (χ3n) is 2.93. The molecule has 0 fully saturated rings. The standard InChI is InChI=1S/C16H9Cl2N3OS/c1-2-6-21-15(22)14(23-16(21)10(8-19)9-20)7-11-12(17)4-3-5-13(11)18/h2-5,7H,1,6H2. The van der Waals surface area contributed by atoms with Crippen molar-refractivity contribution < 1.29 is 0 Å². The maximum atomic E-state index is 12.5. The maximum Gasteiger partial charge on any atom is 0.269 e. The smallest absolute Gasteiger partial charge is 0.269 e. The van der Waals surface area contributed by atoms with Crippen molar-refractivity contribution in [2.45, 2.75) is 6.54 Å². The molecule has 7 heteroatoms. The van der Waals surface area contributed by atoms with Crippen LogP contribution < -0.4 is 14.8 Å². The van der Waals surface area contributed by atoms with Crippen molar-refractivity contribution in [3.05, 3.63) is 66.0 Å². The second-order valence-corrected chi connectivity index (χ2v) is 6.20. The number of thiazole rings is 1. The van der Waals surface area contributed by atoms with Gasteiger partial charge >= 0.3 is 0 Å². The Morgan fingerprint density at radius 2 is 1.91 bits per heavy atom. The summed E-state index contributed by atoms with van der Waals surface area (Å²) in [6, 6.07) is 8.63. The lowest BCUT2D eigenvalue weighted by molar-refractivity contribution is 0.775. The lowest BCUT2D eigenvalue weighted by atomic mass is 10.2. The molecular formula is C16H9Cl2N3OS. The number of hydrogen-bond donors (Lipinski definition) is 0. The fraction of sp³-hybridized carbons (Fsp3) is 0.0625. The molecule has 1 aromatic carbocycles. The van der Waals surface area contributed by atoms with Crippen LogP contribution in [0.25, 0.3) is 11.6 Å². The molecule has 1 aromatic heterocycles. The molecule has 1 heterocycles. The van der Waals surface area contributed by atoms with Gasteiger partial charge in [0.15, 0.2) is 5.57 Å². The minimum Gasteiger partial charge on any atom is -0.293 e. The highest BCUT2D eigenvalue weighted by atomic mass is 35.5. The minimum atomic E-state index is -0.330. The van der Waals surface area contributed by atoms with E-state index >= 15 is 0 Å². The fourth-order valence-electron chi connectivity index (χ4n) is 1.90. The van der Waals surface area contributed by atoms with Gasteiger partial charge in [0, 0.05) is 22.2 Å². The van der Waals surface area contributed by atoms with Crippen molar-refractivity contribution in [1.82, 2.24) is 4.57 Å². The topological polar surface area (TPSA) is 69.6 Å². The van der Waals surface area contributed by atoms with Crippen LogP contribution in [0.1, 0.15) is 5.56 Å². The summed E-state index contributed by atoms with van der Waals surface area (Å²) in [5.74, 6) is 0. The van der Waals surface area contributed by atoms with Gasteiger partial charge in [-0.25, -0.2) is 0 Å². The van der Waals surface area contributed by atoms with Crippen molar-refractivity contribution in [3.63, 3.8) is 0 Å². The van der Waals surface area contributed by atoms with Crippen LogP contribution >= 0.6 is 34.5 Å². The summed E-state index contributed by atoms with van der Waals surface area (Å²) in [7, 11) is 0. The van der Waals surface area contributed by atoms with Crippen LogP contribution in [0.2, 0.25) is 10.0 Å². The molecule has 0 unspecified atom stereocenters. The van der Waals surface area contributed by atoms with E-state index in [1.165, 1.54) is 10.6 Å². The second-order valence-electron chi connectivity index (χ2n) is 4.35. The predicted octanol–water partition coefficient (Wildman–Crippen LogP) is 2.43. The Kier molecular flexibility index (Phi) is 5.41. The number of allylic oxidation sites excluding steroid dienone is 1. The summed E-state index contributed by atoms with van der Waals surface area (Å²) in [6.45, 7) is 3.78. The van der Waals surface area contributed by atoms with Gasteiger partial charge in [-0.2, -0.15) is 10.5 Å². The highest BCUT2D eigenvalue weighted by Gasteiger charge is 2.09. The molecule has 4 nitrogen and oxygen atoms in total. The molecule has 0 N–H and O–H groups in total. The van der Waals surface area contributed by atoms with Gasteiger partial charge in [-0.3, -0.25) is 9.36 Å². The zero-order chi connectivity index (χ0) is 17.0. The zero-order valence-corrected chi connectivity index (χ0v) is 14.0. The van der Waals surface area contributed by atoms with E-state index in [4.69, 9.17) is 33.7 Å². The average molecular weight is 362 g/mol. The number of halogens is 2. The first-order valence-corrected chi connectivity index (χ1v) is 7.91. The lowest BCUT2D eigenvalue weighted by Crippen LogP contribution is -2.31. The molecule has 0 atom stereocenters. The molecule has 0 aliphatic rings. The predicted molar refractivity (Wildman–Crippen MR) is 92.7 cm³/mol. The van der Waals surface area contributed by atoms with Crippen LogP contribution in [0, 0.1) is 22.7 Å². The molecule has 114 valence electrons. The van der Waals surface area contributed by atoms with E-state index < -0.39 is 0 Å². The Hall–Kier alpha value is -2.31. The van der Waals surface area contributed by atoms with Crippen LogP contribution in [0.15, 0.2) is 35.6 Å². The fourth-order valence-corrected chi connectivity index (χ4v) is 3.45. The minimum absolute atomic E-state index is 0.126. The molecule has 0 amide bonds. The molecule has 0 spiro atoms. The Labute approximate surface area is 146 Å². The highest BCUT2D eigenvalue weighted by molar-refractivity contribution is 7.07. The van der Waals surface area contributed by atoms with E-state index in [2.05, 4.69) is 6.58 Å². The van der Waals surface area contributed by atoms with Crippen molar-refractivity contribution in [1.29, 1.82) is 10.5 Å². The molecule has 2 rings (SSSR count). The summed E-state index contributed by atoms with van der Waals surface area (Å²) >= 11 is 13.3. The van der Waals surface area contributed by atoms with E-state index in [9.17, 15) is 4.79 Å². The Morgan fingerprint density at radius 1 is 1.30 bits per heavy atom. The van der Waals surface area contributed by atoms with E-state index in [-0.39, 0.29) is 22.3 Å². The molecule has 2 aromatic rings. The Morgan fingerprint density at radius 3 is 2.43 bits per heavy atom.